The van der Waals surface area contributed by atoms with E-state index in [0.29, 0.717) is 5.76 Å². The number of hydrogen-bond acceptors (Lipinski definition) is 4. The summed E-state index contributed by atoms with van der Waals surface area (Å²) in [6.07, 6.45) is 3.29. The molecule has 2 saturated heterocycles. The molecule has 3 rings (SSSR count). The summed E-state index contributed by atoms with van der Waals surface area (Å²) in [5.41, 5.74) is 0.0956. The fourth-order valence-corrected chi connectivity index (χ4v) is 3.34. The molecule has 0 unspecified atom stereocenters. The zero-order valence-corrected chi connectivity index (χ0v) is 11.8. The lowest BCUT2D eigenvalue weighted by Crippen LogP contribution is -2.39. The maximum atomic E-state index is 12.5. The third kappa shape index (κ3) is 2.50. The molecule has 1 aromatic heterocycles. The molecule has 2 aliphatic rings. The van der Waals surface area contributed by atoms with Gasteiger partial charge in [-0.2, -0.15) is 0 Å². The Hall–Kier alpha value is -1.62. The van der Waals surface area contributed by atoms with Crippen molar-refractivity contribution in [1.82, 2.24) is 10.2 Å². The van der Waals surface area contributed by atoms with E-state index in [1.165, 1.54) is 12.1 Å². The molecule has 0 radical (unpaired) electrons. The molecule has 1 N–H and O–H groups in total. The highest BCUT2D eigenvalue weighted by atomic mass is 16.3. The maximum absolute atomic E-state index is 12.5. The molecule has 2 aliphatic heterocycles. The molecule has 20 heavy (non-hydrogen) atoms. The first-order valence-corrected chi connectivity index (χ1v) is 7.20. The molecule has 5 nitrogen and oxygen atoms in total. The lowest BCUT2D eigenvalue weighted by Gasteiger charge is -2.33. The number of likely N-dealkylation sites (tertiary alicyclic amines) is 1. The predicted octanol–water partition coefficient (Wildman–Crippen LogP) is 1.16. The molecule has 1 aromatic rings. The van der Waals surface area contributed by atoms with Gasteiger partial charge in [-0.15, -0.1) is 0 Å². The van der Waals surface area contributed by atoms with E-state index in [0.717, 1.165) is 45.4 Å². The Morgan fingerprint density at radius 2 is 2.05 bits per heavy atom. The third-order valence-electron chi connectivity index (χ3n) is 4.49. The van der Waals surface area contributed by atoms with Gasteiger partial charge in [0.25, 0.3) is 5.91 Å². The van der Waals surface area contributed by atoms with Crippen molar-refractivity contribution in [2.45, 2.75) is 26.2 Å². The highest BCUT2D eigenvalue weighted by molar-refractivity contribution is 5.91. The van der Waals surface area contributed by atoms with Crippen LogP contribution in [0.3, 0.4) is 0 Å². The Balaban J connectivity index is 1.77. The molecular weight excluding hydrogens is 256 g/mol. The van der Waals surface area contributed by atoms with Crippen LogP contribution in [-0.2, 0) is 0 Å². The van der Waals surface area contributed by atoms with Gasteiger partial charge in [-0.3, -0.25) is 9.59 Å². The summed E-state index contributed by atoms with van der Waals surface area (Å²) in [4.78, 5) is 25.8. The number of carbonyl (C=O) groups excluding carboxylic acids is 1. The number of nitrogens with zero attached hydrogens (tertiary/aromatic N) is 1. The molecule has 0 atom stereocenters. The number of piperidine rings is 1. The third-order valence-corrected chi connectivity index (χ3v) is 4.49. The van der Waals surface area contributed by atoms with Crippen LogP contribution in [0.5, 0.6) is 0 Å². The van der Waals surface area contributed by atoms with Crippen molar-refractivity contribution in [3.63, 3.8) is 0 Å². The van der Waals surface area contributed by atoms with Gasteiger partial charge in [-0.05, 0) is 44.7 Å². The van der Waals surface area contributed by atoms with Gasteiger partial charge in [0.1, 0.15) is 5.76 Å². The first kappa shape index (κ1) is 13.4. The minimum Gasteiger partial charge on any atom is -0.456 e. The van der Waals surface area contributed by atoms with Gasteiger partial charge in [0.2, 0.25) is 0 Å². The Morgan fingerprint density at radius 1 is 1.30 bits per heavy atom. The normalized spacial score (nSPS) is 21.4. The maximum Gasteiger partial charge on any atom is 0.289 e. The number of hydrogen-bond donors (Lipinski definition) is 1. The van der Waals surface area contributed by atoms with Crippen molar-refractivity contribution in [2.75, 3.05) is 26.2 Å². The largest absolute Gasteiger partial charge is 0.456 e. The van der Waals surface area contributed by atoms with Crippen molar-refractivity contribution in [1.29, 1.82) is 0 Å². The van der Waals surface area contributed by atoms with E-state index >= 15 is 0 Å². The summed E-state index contributed by atoms with van der Waals surface area (Å²) < 4.78 is 5.40. The van der Waals surface area contributed by atoms with Crippen LogP contribution in [0.2, 0.25) is 0 Å². The number of nitrogens with one attached hydrogen (secondary N) is 1. The highest BCUT2D eigenvalue weighted by Gasteiger charge is 2.41. The lowest BCUT2D eigenvalue weighted by molar-refractivity contribution is 0.0726. The first-order chi connectivity index (χ1) is 9.58. The zero-order chi connectivity index (χ0) is 14.2. The van der Waals surface area contributed by atoms with Crippen molar-refractivity contribution in [3.8, 4) is 0 Å². The summed E-state index contributed by atoms with van der Waals surface area (Å²) in [5, 5.41) is 3.36. The van der Waals surface area contributed by atoms with Crippen LogP contribution in [0.25, 0.3) is 0 Å². The topological polar surface area (TPSA) is 62.6 Å². The number of aryl methyl sites for hydroxylation is 1. The van der Waals surface area contributed by atoms with E-state index in [9.17, 15) is 9.59 Å². The molecule has 0 saturated carbocycles. The van der Waals surface area contributed by atoms with Gasteiger partial charge in [0.05, 0.1) is 0 Å². The summed E-state index contributed by atoms with van der Waals surface area (Å²) in [6, 6.07) is 2.69. The second-order valence-corrected chi connectivity index (χ2v) is 5.99. The van der Waals surface area contributed by atoms with Crippen molar-refractivity contribution >= 4 is 5.91 Å². The van der Waals surface area contributed by atoms with Crippen LogP contribution < -0.4 is 10.7 Å². The predicted molar refractivity (Wildman–Crippen MR) is 74.8 cm³/mol. The average molecular weight is 276 g/mol. The van der Waals surface area contributed by atoms with Crippen LogP contribution in [0.4, 0.5) is 0 Å². The van der Waals surface area contributed by atoms with Gasteiger partial charge in [-0.25, -0.2) is 0 Å². The van der Waals surface area contributed by atoms with Crippen LogP contribution in [0.15, 0.2) is 21.3 Å². The molecular formula is C15H20N2O3. The van der Waals surface area contributed by atoms with E-state index in [4.69, 9.17) is 4.42 Å². The molecule has 2 fully saturated rings. The van der Waals surface area contributed by atoms with Crippen molar-refractivity contribution < 1.29 is 9.21 Å². The quantitative estimate of drug-likeness (QED) is 0.836. The SMILES string of the molecule is Cc1cc(=O)cc(C(=O)N2CCC3(CCNCC3)C2)o1. The van der Waals surface area contributed by atoms with Gasteiger partial charge < -0.3 is 14.6 Å². The minimum atomic E-state index is -0.173. The van der Waals surface area contributed by atoms with E-state index in [1.807, 2.05) is 4.90 Å². The molecule has 3 heterocycles. The standard InChI is InChI=1S/C15H20N2O3/c1-11-8-12(18)9-13(20-11)14(19)17-7-4-15(10-17)2-5-16-6-3-15/h8-9,16H,2-7,10H2,1H3. The number of amides is 1. The minimum absolute atomic E-state index is 0.152. The number of rotatable bonds is 1. The van der Waals surface area contributed by atoms with E-state index in [1.54, 1.807) is 6.92 Å². The Labute approximate surface area is 118 Å². The van der Waals surface area contributed by atoms with Gasteiger partial charge in [-0.1, -0.05) is 0 Å². The Kier molecular flexibility index (Phi) is 3.38. The fourth-order valence-electron chi connectivity index (χ4n) is 3.34. The second kappa shape index (κ2) is 5.05. The van der Waals surface area contributed by atoms with Crippen molar-refractivity contribution in [3.05, 3.63) is 33.9 Å². The molecule has 0 aromatic carbocycles. The van der Waals surface area contributed by atoms with E-state index in [2.05, 4.69) is 5.32 Å². The molecule has 5 heteroatoms. The molecule has 108 valence electrons. The molecule has 1 spiro atoms. The lowest BCUT2D eigenvalue weighted by atomic mass is 9.78. The average Bonchev–Trinajstić information content (AvgIpc) is 2.81. The van der Waals surface area contributed by atoms with E-state index < -0.39 is 0 Å². The highest BCUT2D eigenvalue weighted by Crippen LogP contribution is 2.38. The monoisotopic (exact) mass is 276 g/mol. The smallest absolute Gasteiger partial charge is 0.289 e. The van der Waals surface area contributed by atoms with Crippen molar-refractivity contribution in [2.24, 2.45) is 5.41 Å². The van der Waals surface area contributed by atoms with Crippen LogP contribution in [-0.4, -0.2) is 37.0 Å². The Bertz CT molecular complexity index is 573. The van der Waals surface area contributed by atoms with Gasteiger partial charge >= 0.3 is 0 Å². The summed E-state index contributed by atoms with van der Waals surface area (Å²) in [7, 11) is 0. The van der Waals surface area contributed by atoms with E-state index in [-0.39, 0.29) is 22.5 Å². The number of carbonyl (C=O) groups is 1. The summed E-state index contributed by atoms with van der Waals surface area (Å²) >= 11 is 0. The summed E-state index contributed by atoms with van der Waals surface area (Å²) in [6.45, 7) is 5.29. The molecule has 1 amide bonds. The zero-order valence-electron chi connectivity index (χ0n) is 11.8. The van der Waals surface area contributed by atoms with Crippen LogP contribution >= 0.6 is 0 Å². The Morgan fingerprint density at radius 3 is 2.75 bits per heavy atom. The molecule has 0 bridgehead atoms. The van der Waals surface area contributed by atoms with Crippen LogP contribution in [0.1, 0.15) is 35.6 Å². The fraction of sp³-hybridized carbons (Fsp3) is 0.600. The van der Waals surface area contributed by atoms with Gasteiger partial charge in [0, 0.05) is 25.2 Å². The van der Waals surface area contributed by atoms with Gasteiger partial charge in [0.15, 0.2) is 11.2 Å². The van der Waals surface area contributed by atoms with Crippen LogP contribution in [0, 0.1) is 12.3 Å². The first-order valence-electron chi connectivity index (χ1n) is 7.20. The second-order valence-electron chi connectivity index (χ2n) is 5.99. The molecule has 0 aliphatic carbocycles. The summed E-state index contributed by atoms with van der Waals surface area (Å²) in [5.74, 6) is 0.499.